The molecule has 0 bridgehead atoms. The topological polar surface area (TPSA) is 70.6 Å². The van der Waals surface area contributed by atoms with E-state index in [0.29, 0.717) is 24.5 Å². The van der Waals surface area contributed by atoms with Crippen LogP contribution in [0.3, 0.4) is 0 Å². The highest BCUT2D eigenvalue weighted by molar-refractivity contribution is 7.91. The highest BCUT2D eigenvalue weighted by Gasteiger charge is 2.10. The standard InChI is InChI=1S/C11H25N3O2S/c1-6-17(15,16)8-7-13-11(12-5)14-10(4)9(2)3/h9-10H,6-8H2,1-5H3,(H2,12,13,14). The van der Waals surface area contributed by atoms with Crippen LogP contribution in [-0.4, -0.2) is 45.5 Å². The largest absolute Gasteiger partial charge is 0.355 e. The molecule has 0 rings (SSSR count). The van der Waals surface area contributed by atoms with E-state index >= 15 is 0 Å². The molecular weight excluding hydrogens is 238 g/mol. The maximum Gasteiger partial charge on any atom is 0.191 e. The van der Waals surface area contributed by atoms with Crippen molar-refractivity contribution in [3.8, 4) is 0 Å². The van der Waals surface area contributed by atoms with Crippen molar-refractivity contribution in [1.82, 2.24) is 10.6 Å². The number of nitrogens with zero attached hydrogens (tertiary/aromatic N) is 1. The smallest absolute Gasteiger partial charge is 0.191 e. The molecule has 5 nitrogen and oxygen atoms in total. The number of rotatable bonds is 6. The summed E-state index contributed by atoms with van der Waals surface area (Å²) in [5.41, 5.74) is 0. The molecular formula is C11H25N3O2S. The molecule has 0 saturated carbocycles. The van der Waals surface area contributed by atoms with Crippen LogP contribution in [0, 0.1) is 5.92 Å². The summed E-state index contributed by atoms with van der Waals surface area (Å²) in [4.78, 5) is 4.06. The van der Waals surface area contributed by atoms with E-state index in [1.54, 1.807) is 14.0 Å². The van der Waals surface area contributed by atoms with E-state index in [1.165, 1.54) is 0 Å². The number of aliphatic imine (C=N–C) groups is 1. The zero-order valence-corrected chi connectivity index (χ0v) is 12.3. The second kappa shape index (κ2) is 7.53. The molecule has 0 spiro atoms. The molecule has 1 atom stereocenters. The Kier molecular flexibility index (Phi) is 7.18. The summed E-state index contributed by atoms with van der Waals surface area (Å²) in [6, 6.07) is 0.295. The van der Waals surface area contributed by atoms with Crippen LogP contribution in [-0.2, 0) is 9.84 Å². The quantitative estimate of drug-likeness (QED) is 0.545. The molecule has 0 aromatic heterocycles. The van der Waals surface area contributed by atoms with Gasteiger partial charge in [-0.1, -0.05) is 20.8 Å². The Balaban J connectivity index is 4.10. The van der Waals surface area contributed by atoms with E-state index in [1.807, 2.05) is 0 Å². The first-order chi connectivity index (χ1) is 7.82. The summed E-state index contributed by atoms with van der Waals surface area (Å²) in [5, 5.41) is 6.22. The number of nitrogens with one attached hydrogen (secondary N) is 2. The van der Waals surface area contributed by atoms with Crippen molar-refractivity contribution in [2.45, 2.75) is 33.7 Å². The molecule has 1 unspecified atom stereocenters. The van der Waals surface area contributed by atoms with Crippen LogP contribution in [0.25, 0.3) is 0 Å². The first-order valence-corrected chi connectivity index (χ1v) is 7.82. The van der Waals surface area contributed by atoms with Crippen LogP contribution in [0.2, 0.25) is 0 Å². The summed E-state index contributed by atoms with van der Waals surface area (Å²) in [6.45, 7) is 8.35. The van der Waals surface area contributed by atoms with Crippen molar-refractivity contribution in [3.05, 3.63) is 0 Å². The van der Waals surface area contributed by atoms with Gasteiger partial charge in [0.2, 0.25) is 0 Å². The molecule has 6 heteroatoms. The molecule has 0 aromatic carbocycles. The highest BCUT2D eigenvalue weighted by atomic mass is 32.2. The molecule has 0 fully saturated rings. The Bertz CT molecular complexity index is 337. The molecule has 0 amide bonds. The minimum absolute atomic E-state index is 0.139. The van der Waals surface area contributed by atoms with Crippen molar-refractivity contribution < 1.29 is 8.42 Å². The van der Waals surface area contributed by atoms with E-state index in [-0.39, 0.29) is 11.5 Å². The average Bonchev–Trinajstić information content (AvgIpc) is 2.27. The fraction of sp³-hybridized carbons (Fsp3) is 0.909. The third-order valence-corrected chi connectivity index (χ3v) is 4.44. The van der Waals surface area contributed by atoms with Crippen LogP contribution in [0.5, 0.6) is 0 Å². The Morgan fingerprint density at radius 2 is 1.88 bits per heavy atom. The lowest BCUT2D eigenvalue weighted by Crippen LogP contribution is -2.45. The van der Waals surface area contributed by atoms with Gasteiger partial charge in [-0.25, -0.2) is 8.42 Å². The summed E-state index contributed by atoms with van der Waals surface area (Å²) >= 11 is 0. The minimum atomic E-state index is -2.91. The van der Waals surface area contributed by atoms with Crippen LogP contribution in [0.1, 0.15) is 27.7 Å². The maximum absolute atomic E-state index is 11.3. The van der Waals surface area contributed by atoms with Crippen molar-refractivity contribution in [2.75, 3.05) is 25.1 Å². The minimum Gasteiger partial charge on any atom is -0.355 e. The van der Waals surface area contributed by atoms with Gasteiger partial charge in [0.25, 0.3) is 0 Å². The van der Waals surface area contributed by atoms with Crippen molar-refractivity contribution in [3.63, 3.8) is 0 Å². The molecule has 17 heavy (non-hydrogen) atoms. The molecule has 0 radical (unpaired) electrons. The van der Waals surface area contributed by atoms with Gasteiger partial charge in [0.05, 0.1) is 5.75 Å². The molecule has 102 valence electrons. The number of hydrogen-bond donors (Lipinski definition) is 2. The van der Waals surface area contributed by atoms with Crippen molar-refractivity contribution >= 4 is 15.8 Å². The van der Waals surface area contributed by atoms with Gasteiger partial charge in [-0.2, -0.15) is 0 Å². The molecule has 0 aliphatic heterocycles. The fourth-order valence-corrected chi connectivity index (χ4v) is 1.75. The van der Waals surface area contributed by atoms with Gasteiger partial charge in [0.1, 0.15) is 0 Å². The summed E-state index contributed by atoms with van der Waals surface area (Å²) < 4.78 is 22.6. The number of sulfone groups is 1. The van der Waals surface area contributed by atoms with Crippen molar-refractivity contribution in [2.24, 2.45) is 10.9 Å². The lowest BCUT2D eigenvalue weighted by molar-refractivity contribution is 0.481. The number of guanidine groups is 1. The second-order valence-electron chi connectivity index (χ2n) is 4.41. The molecule has 0 aromatic rings. The lowest BCUT2D eigenvalue weighted by atomic mass is 10.1. The van der Waals surface area contributed by atoms with Gasteiger partial charge < -0.3 is 10.6 Å². The zero-order valence-electron chi connectivity index (χ0n) is 11.4. The van der Waals surface area contributed by atoms with Crippen LogP contribution in [0.4, 0.5) is 0 Å². The summed E-state index contributed by atoms with van der Waals surface area (Å²) in [5.74, 6) is 1.47. The fourth-order valence-electron chi connectivity index (χ4n) is 1.05. The van der Waals surface area contributed by atoms with E-state index in [9.17, 15) is 8.42 Å². The maximum atomic E-state index is 11.3. The molecule has 0 aliphatic rings. The Hall–Kier alpha value is -0.780. The average molecular weight is 263 g/mol. The molecule has 2 N–H and O–H groups in total. The van der Waals surface area contributed by atoms with Crippen molar-refractivity contribution in [1.29, 1.82) is 0 Å². The second-order valence-corrected chi connectivity index (χ2v) is 6.89. The summed E-state index contributed by atoms with van der Waals surface area (Å²) in [7, 11) is -1.24. The van der Waals surface area contributed by atoms with E-state index in [0.717, 1.165) is 0 Å². The molecule has 0 saturated heterocycles. The van der Waals surface area contributed by atoms with E-state index < -0.39 is 9.84 Å². The van der Waals surface area contributed by atoms with Crippen LogP contribution in [0.15, 0.2) is 4.99 Å². The first kappa shape index (κ1) is 16.2. The third kappa shape index (κ3) is 7.20. The van der Waals surface area contributed by atoms with Gasteiger partial charge in [-0.05, 0) is 12.8 Å². The predicted molar refractivity (Wildman–Crippen MR) is 73.1 cm³/mol. The van der Waals surface area contributed by atoms with Gasteiger partial charge in [-0.15, -0.1) is 0 Å². The van der Waals surface area contributed by atoms with Crippen LogP contribution < -0.4 is 10.6 Å². The number of hydrogen-bond acceptors (Lipinski definition) is 3. The van der Waals surface area contributed by atoms with Gasteiger partial charge in [-0.3, -0.25) is 4.99 Å². The SMILES string of the molecule is CCS(=O)(=O)CCNC(=NC)NC(C)C(C)C. The van der Waals surface area contributed by atoms with Crippen LogP contribution >= 0.6 is 0 Å². The Morgan fingerprint density at radius 1 is 1.29 bits per heavy atom. The first-order valence-electron chi connectivity index (χ1n) is 6.00. The van der Waals surface area contributed by atoms with E-state index in [4.69, 9.17) is 0 Å². The van der Waals surface area contributed by atoms with Gasteiger partial charge in [0, 0.05) is 25.4 Å². The van der Waals surface area contributed by atoms with Gasteiger partial charge in [0.15, 0.2) is 15.8 Å². The molecule has 0 aliphatic carbocycles. The lowest BCUT2D eigenvalue weighted by Gasteiger charge is -2.20. The highest BCUT2D eigenvalue weighted by Crippen LogP contribution is 1.98. The predicted octanol–water partition coefficient (Wildman–Crippen LogP) is 0.631. The molecule has 0 heterocycles. The van der Waals surface area contributed by atoms with E-state index in [2.05, 4.69) is 36.4 Å². The zero-order chi connectivity index (χ0) is 13.5. The van der Waals surface area contributed by atoms with Gasteiger partial charge >= 0.3 is 0 Å². The normalized spacial score (nSPS) is 14.8. The third-order valence-electron chi connectivity index (χ3n) is 2.73. The summed E-state index contributed by atoms with van der Waals surface area (Å²) in [6.07, 6.45) is 0. The Labute approximate surface area is 105 Å². The Morgan fingerprint density at radius 3 is 2.29 bits per heavy atom. The monoisotopic (exact) mass is 263 g/mol.